The monoisotopic (exact) mass is 478 g/mol. The number of unbranched alkanes of at least 4 members (excludes halogenated alkanes) is 2. The number of likely N-dealkylation sites (tertiary alicyclic amines) is 1. The van der Waals surface area contributed by atoms with Crippen LogP contribution in [0.2, 0.25) is 0 Å². The molecule has 4 nitrogen and oxygen atoms in total. The third kappa shape index (κ3) is 6.81. The van der Waals surface area contributed by atoms with E-state index >= 15 is 0 Å². The van der Waals surface area contributed by atoms with E-state index in [0.29, 0.717) is 39.0 Å². The molecule has 1 aliphatic rings. The molecule has 1 saturated heterocycles. The molecule has 34 heavy (non-hydrogen) atoms. The summed E-state index contributed by atoms with van der Waals surface area (Å²) in [4.78, 5) is 29.4. The molecule has 0 aromatic heterocycles. The Morgan fingerprint density at radius 2 is 1.59 bits per heavy atom. The number of carbonyl (C=O) groups is 2. The van der Waals surface area contributed by atoms with Gasteiger partial charge in [-0.2, -0.15) is 13.2 Å². The van der Waals surface area contributed by atoms with Gasteiger partial charge in [0.05, 0.1) is 5.56 Å². The third-order valence-corrected chi connectivity index (χ3v) is 6.22. The molecule has 0 bridgehead atoms. The first-order valence-electron chi connectivity index (χ1n) is 11.7. The fourth-order valence-corrected chi connectivity index (χ4v) is 4.20. The maximum Gasteiger partial charge on any atom is 0.416 e. The second-order valence-electron chi connectivity index (χ2n) is 8.73. The summed E-state index contributed by atoms with van der Waals surface area (Å²) < 4.78 is 51.5. The number of hydrogen-bond acceptors (Lipinski definition) is 2. The van der Waals surface area contributed by atoms with Crippen molar-refractivity contribution in [1.82, 2.24) is 9.80 Å². The Morgan fingerprint density at radius 1 is 0.971 bits per heavy atom. The van der Waals surface area contributed by atoms with Crippen molar-refractivity contribution in [3.63, 3.8) is 0 Å². The van der Waals surface area contributed by atoms with Gasteiger partial charge in [0, 0.05) is 37.7 Å². The van der Waals surface area contributed by atoms with E-state index in [-0.39, 0.29) is 29.1 Å². The van der Waals surface area contributed by atoms with Gasteiger partial charge < -0.3 is 9.80 Å². The number of hydrogen-bond donors (Lipinski definition) is 0. The number of benzene rings is 2. The summed E-state index contributed by atoms with van der Waals surface area (Å²) >= 11 is 0. The summed E-state index contributed by atoms with van der Waals surface area (Å²) in [6.45, 7) is 3.86. The quantitative estimate of drug-likeness (QED) is 0.349. The number of nitrogens with zero attached hydrogens (tertiary/aromatic N) is 2. The van der Waals surface area contributed by atoms with Crippen molar-refractivity contribution in [3.05, 3.63) is 71.0 Å². The van der Waals surface area contributed by atoms with Crippen LogP contribution in [0.25, 0.3) is 0 Å². The zero-order valence-electron chi connectivity index (χ0n) is 19.3. The highest BCUT2D eigenvalue weighted by Gasteiger charge is 2.32. The lowest BCUT2D eigenvalue weighted by molar-refractivity contribution is -0.138. The second kappa shape index (κ2) is 11.5. The molecule has 0 aliphatic carbocycles. The topological polar surface area (TPSA) is 40.6 Å². The fraction of sp³-hybridized carbons (Fsp3) is 0.462. The first-order chi connectivity index (χ1) is 16.2. The molecule has 0 radical (unpaired) electrons. The Bertz CT molecular complexity index is 950. The number of halogens is 4. The highest BCUT2D eigenvalue weighted by Crippen LogP contribution is 2.29. The third-order valence-electron chi connectivity index (χ3n) is 6.22. The van der Waals surface area contributed by atoms with Crippen LogP contribution in [0.5, 0.6) is 0 Å². The molecule has 2 amide bonds. The SMILES string of the molecule is CCCCCN(Cc1ccc(F)cc1)C(=O)C1CCN(C(=O)c2ccc(C(F)(F)F)cc2)CC1. The Balaban J connectivity index is 1.60. The number of piperidine rings is 1. The standard InChI is InChI=1S/C26H30F4N2O2/c1-2-3-4-15-32(18-19-5-11-23(27)12-6-19)25(34)21-13-16-31(17-14-21)24(33)20-7-9-22(10-8-20)26(28,29)30/h5-12,21H,2-4,13-18H2,1H3. The summed E-state index contributed by atoms with van der Waals surface area (Å²) in [6, 6.07) is 10.3. The summed E-state index contributed by atoms with van der Waals surface area (Å²) in [5, 5.41) is 0. The van der Waals surface area contributed by atoms with Crippen LogP contribution in [0.1, 0.15) is 60.5 Å². The first kappa shape index (κ1) is 25.7. The maximum absolute atomic E-state index is 13.3. The molecule has 0 spiro atoms. The van der Waals surface area contributed by atoms with E-state index in [1.165, 1.54) is 24.3 Å². The van der Waals surface area contributed by atoms with Gasteiger partial charge in [0.15, 0.2) is 0 Å². The summed E-state index contributed by atoms with van der Waals surface area (Å²) in [7, 11) is 0. The van der Waals surface area contributed by atoms with Crippen molar-refractivity contribution in [2.24, 2.45) is 5.92 Å². The highest BCUT2D eigenvalue weighted by molar-refractivity contribution is 5.94. The molecule has 0 unspecified atom stereocenters. The van der Waals surface area contributed by atoms with Crippen LogP contribution < -0.4 is 0 Å². The van der Waals surface area contributed by atoms with E-state index in [2.05, 4.69) is 6.92 Å². The van der Waals surface area contributed by atoms with Crippen molar-refractivity contribution >= 4 is 11.8 Å². The van der Waals surface area contributed by atoms with Crippen molar-refractivity contribution in [2.75, 3.05) is 19.6 Å². The van der Waals surface area contributed by atoms with E-state index in [1.807, 2.05) is 4.90 Å². The molecule has 3 rings (SSSR count). The zero-order valence-corrected chi connectivity index (χ0v) is 19.3. The molecule has 0 N–H and O–H groups in total. The van der Waals surface area contributed by atoms with E-state index in [9.17, 15) is 27.2 Å². The smallest absolute Gasteiger partial charge is 0.339 e. The van der Waals surface area contributed by atoms with Crippen LogP contribution in [0.3, 0.4) is 0 Å². The van der Waals surface area contributed by atoms with Crippen molar-refractivity contribution in [1.29, 1.82) is 0 Å². The van der Waals surface area contributed by atoms with Crippen LogP contribution in [0.4, 0.5) is 17.6 Å². The lowest BCUT2D eigenvalue weighted by Gasteiger charge is -2.34. The Kier molecular flexibility index (Phi) is 8.69. The number of rotatable bonds is 8. The van der Waals surface area contributed by atoms with Gasteiger partial charge in [-0.15, -0.1) is 0 Å². The molecule has 1 fully saturated rings. The van der Waals surface area contributed by atoms with E-state index in [1.54, 1.807) is 17.0 Å². The van der Waals surface area contributed by atoms with Crippen LogP contribution in [0, 0.1) is 11.7 Å². The van der Waals surface area contributed by atoms with Crippen LogP contribution >= 0.6 is 0 Å². The molecule has 8 heteroatoms. The second-order valence-corrected chi connectivity index (χ2v) is 8.73. The van der Waals surface area contributed by atoms with Gasteiger partial charge >= 0.3 is 6.18 Å². The number of carbonyl (C=O) groups excluding carboxylic acids is 2. The van der Waals surface area contributed by atoms with Gasteiger partial charge in [0.25, 0.3) is 5.91 Å². The normalized spacial score (nSPS) is 14.8. The Hall–Kier alpha value is -2.90. The molecular weight excluding hydrogens is 448 g/mol. The lowest BCUT2D eigenvalue weighted by atomic mass is 9.94. The average Bonchev–Trinajstić information content (AvgIpc) is 2.83. The Labute approximate surface area is 197 Å². The van der Waals surface area contributed by atoms with Crippen LogP contribution in [0.15, 0.2) is 48.5 Å². The maximum atomic E-state index is 13.3. The van der Waals surface area contributed by atoms with Crippen molar-refractivity contribution < 1.29 is 27.2 Å². The van der Waals surface area contributed by atoms with Gasteiger partial charge in [-0.3, -0.25) is 9.59 Å². The van der Waals surface area contributed by atoms with Gasteiger partial charge in [-0.1, -0.05) is 31.9 Å². The van der Waals surface area contributed by atoms with Crippen molar-refractivity contribution in [3.8, 4) is 0 Å². The molecule has 1 aliphatic heterocycles. The predicted octanol–water partition coefficient (Wildman–Crippen LogP) is 5.92. The lowest BCUT2D eigenvalue weighted by Crippen LogP contribution is -2.44. The zero-order chi connectivity index (χ0) is 24.7. The van der Waals surface area contributed by atoms with Gasteiger partial charge in [-0.05, 0) is 61.2 Å². The van der Waals surface area contributed by atoms with Crippen LogP contribution in [-0.4, -0.2) is 41.2 Å². The molecule has 0 atom stereocenters. The molecular formula is C26H30F4N2O2. The fourth-order valence-electron chi connectivity index (χ4n) is 4.20. The largest absolute Gasteiger partial charge is 0.416 e. The minimum atomic E-state index is -4.45. The van der Waals surface area contributed by atoms with Gasteiger partial charge in [0.1, 0.15) is 5.82 Å². The van der Waals surface area contributed by atoms with Crippen LogP contribution in [-0.2, 0) is 17.5 Å². The molecule has 1 heterocycles. The summed E-state index contributed by atoms with van der Waals surface area (Å²) in [6.07, 6.45) is -0.528. The molecule has 2 aromatic rings. The predicted molar refractivity (Wildman–Crippen MR) is 121 cm³/mol. The molecule has 2 aromatic carbocycles. The minimum Gasteiger partial charge on any atom is -0.339 e. The number of amides is 2. The molecule has 0 saturated carbocycles. The van der Waals surface area contributed by atoms with Gasteiger partial charge in [0.2, 0.25) is 5.91 Å². The molecule has 184 valence electrons. The average molecular weight is 479 g/mol. The van der Waals surface area contributed by atoms with E-state index in [4.69, 9.17) is 0 Å². The Morgan fingerprint density at radius 3 is 2.15 bits per heavy atom. The minimum absolute atomic E-state index is 0.0297. The summed E-state index contributed by atoms with van der Waals surface area (Å²) in [5.74, 6) is -0.843. The highest BCUT2D eigenvalue weighted by atomic mass is 19.4. The van der Waals surface area contributed by atoms with Gasteiger partial charge in [-0.25, -0.2) is 4.39 Å². The van der Waals surface area contributed by atoms with E-state index < -0.39 is 11.7 Å². The van der Waals surface area contributed by atoms with E-state index in [0.717, 1.165) is 37.0 Å². The summed E-state index contributed by atoms with van der Waals surface area (Å²) in [5.41, 5.74) is 0.272. The van der Waals surface area contributed by atoms with Crippen molar-refractivity contribution in [2.45, 2.75) is 51.7 Å². The number of alkyl halides is 3. The first-order valence-corrected chi connectivity index (χ1v) is 11.7.